The van der Waals surface area contributed by atoms with Gasteiger partial charge in [0, 0.05) is 17.5 Å². The molecule has 0 aliphatic heterocycles. The van der Waals surface area contributed by atoms with Crippen LogP contribution in [-0.4, -0.2) is 29.0 Å². The number of esters is 1. The quantitative estimate of drug-likeness (QED) is 0.306. The number of hydrogen-bond donors (Lipinski definition) is 1. The molecule has 0 radical (unpaired) electrons. The number of hydrogen-bond acceptors (Lipinski definition) is 7. The second-order valence-corrected chi connectivity index (χ2v) is 6.16. The minimum Gasteiger partial charge on any atom is -0.465 e. The number of ether oxygens (including phenoxy) is 1. The molecule has 24 heavy (non-hydrogen) atoms. The summed E-state index contributed by atoms with van der Waals surface area (Å²) in [7, 11) is 0. The number of nitrogens with one attached hydrogen (secondary N) is 1. The van der Waals surface area contributed by atoms with Crippen molar-refractivity contribution in [1.29, 1.82) is 0 Å². The van der Waals surface area contributed by atoms with Crippen molar-refractivity contribution in [1.82, 2.24) is 4.98 Å². The molecule has 0 bridgehead atoms. The Morgan fingerprint density at radius 2 is 2.17 bits per heavy atom. The van der Waals surface area contributed by atoms with Gasteiger partial charge < -0.3 is 10.1 Å². The summed E-state index contributed by atoms with van der Waals surface area (Å²) < 4.78 is 5.19. The molecule has 0 saturated carbocycles. The Hall–Kier alpha value is -2.48. The minimum atomic E-state index is -0.476. The second-order valence-electron chi connectivity index (χ2n) is 5.12. The molecule has 0 amide bonds. The molecule has 0 saturated heterocycles. The van der Waals surface area contributed by atoms with Crippen molar-refractivity contribution in [2.75, 3.05) is 18.5 Å². The SMILES string of the molecule is O=C(Cc1cccs1)OCCCCCNc1ccc([N+](=O)[O-])cn1. The van der Waals surface area contributed by atoms with Crippen LogP contribution in [0.15, 0.2) is 35.8 Å². The first-order chi connectivity index (χ1) is 11.6. The molecular formula is C16H19N3O4S. The van der Waals surface area contributed by atoms with E-state index in [9.17, 15) is 14.9 Å². The maximum absolute atomic E-state index is 11.6. The Labute approximate surface area is 143 Å². The second kappa shape index (κ2) is 9.61. The van der Waals surface area contributed by atoms with Gasteiger partial charge in [0.15, 0.2) is 0 Å². The average Bonchev–Trinajstić information content (AvgIpc) is 3.07. The van der Waals surface area contributed by atoms with Crippen LogP contribution in [0.4, 0.5) is 11.5 Å². The number of nitro groups is 1. The number of carbonyl (C=O) groups excluding carboxylic acids is 1. The molecule has 7 nitrogen and oxygen atoms in total. The van der Waals surface area contributed by atoms with E-state index in [2.05, 4.69) is 10.3 Å². The van der Waals surface area contributed by atoms with Crippen LogP contribution in [0, 0.1) is 10.1 Å². The van der Waals surface area contributed by atoms with Crippen LogP contribution in [-0.2, 0) is 16.0 Å². The van der Waals surface area contributed by atoms with E-state index in [0.29, 0.717) is 25.4 Å². The standard InChI is InChI=1S/C16H19N3O4S/c20-16(11-14-5-4-10-24-14)23-9-3-1-2-8-17-15-7-6-13(12-18-15)19(21)22/h4-7,10,12H,1-3,8-9,11H2,(H,17,18). The lowest BCUT2D eigenvalue weighted by atomic mass is 10.2. The van der Waals surface area contributed by atoms with E-state index in [1.165, 1.54) is 12.3 Å². The van der Waals surface area contributed by atoms with Crippen molar-refractivity contribution >= 4 is 28.8 Å². The van der Waals surface area contributed by atoms with E-state index in [1.807, 2.05) is 17.5 Å². The van der Waals surface area contributed by atoms with E-state index < -0.39 is 4.92 Å². The number of carbonyl (C=O) groups is 1. The topological polar surface area (TPSA) is 94.4 Å². The monoisotopic (exact) mass is 349 g/mol. The van der Waals surface area contributed by atoms with Crippen molar-refractivity contribution < 1.29 is 14.5 Å². The summed E-state index contributed by atoms with van der Waals surface area (Å²) in [6, 6.07) is 6.84. The molecule has 128 valence electrons. The molecule has 2 rings (SSSR count). The molecule has 0 fully saturated rings. The Morgan fingerprint density at radius 3 is 2.83 bits per heavy atom. The summed E-state index contributed by atoms with van der Waals surface area (Å²) in [5.41, 5.74) is -0.0232. The first kappa shape index (κ1) is 17.9. The number of pyridine rings is 1. The highest BCUT2D eigenvalue weighted by Gasteiger charge is 2.06. The predicted octanol–water partition coefficient (Wildman–Crippen LogP) is 3.42. The van der Waals surface area contributed by atoms with Gasteiger partial charge >= 0.3 is 5.97 Å². The fourth-order valence-electron chi connectivity index (χ4n) is 2.01. The third-order valence-electron chi connectivity index (χ3n) is 3.25. The van der Waals surface area contributed by atoms with Crippen molar-refractivity contribution in [3.05, 3.63) is 50.8 Å². The molecule has 0 aliphatic rings. The van der Waals surface area contributed by atoms with E-state index in [-0.39, 0.29) is 11.7 Å². The van der Waals surface area contributed by atoms with Gasteiger partial charge in [-0.3, -0.25) is 14.9 Å². The third kappa shape index (κ3) is 6.33. The van der Waals surface area contributed by atoms with Crippen molar-refractivity contribution in [2.45, 2.75) is 25.7 Å². The average molecular weight is 349 g/mol. The molecule has 8 heteroatoms. The third-order valence-corrected chi connectivity index (χ3v) is 4.12. The highest BCUT2D eigenvalue weighted by molar-refractivity contribution is 7.10. The maximum atomic E-state index is 11.6. The zero-order chi connectivity index (χ0) is 17.2. The fraction of sp³-hybridized carbons (Fsp3) is 0.375. The van der Waals surface area contributed by atoms with Crippen LogP contribution in [0.1, 0.15) is 24.1 Å². The van der Waals surface area contributed by atoms with E-state index in [1.54, 1.807) is 17.4 Å². The van der Waals surface area contributed by atoms with Gasteiger partial charge in [0.2, 0.25) is 0 Å². The minimum absolute atomic E-state index is 0.0232. The van der Waals surface area contributed by atoms with Gasteiger partial charge in [-0.1, -0.05) is 6.07 Å². The zero-order valence-electron chi connectivity index (χ0n) is 13.1. The number of aromatic nitrogens is 1. The molecule has 0 atom stereocenters. The van der Waals surface area contributed by atoms with Gasteiger partial charge in [-0.25, -0.2) is 4.98 Å². The normalized spacial score (nSPS) is 10.3. The van der Waals surface area contributed by atoms with Crippen LogP contribution in [0.5, 0.6) is 0 Å². The smallest absolute Gasteiger partial charge is 0.311 e. The van der Waals surface area contributed by atoms with Gasteiger partial charge in [-0.2, -0.15) is 0 Å². The zero-order valence-corrected chi connectivity index (χ0v) is 14.0. The van der Waals surface area contributed by atoms with Gasteiger partial charge in [-0.15, -0.1) is 11.3 Å². The largest absolute Gasteiger partial charge is 0.465 e. The fourth-order valence-corrected chi connectivity index (χ4v) is 2.70. The summed E-state index contributed by atoms with van der Waals surface area (Å²) in [6.45, 7) is 1.15. The van der Waals surface area contributed by atoms with Gasteiger partial charge in [0.25, 0.3) is 5.69 Å². The molecule has 0 spiro atoms. The molecular weight excluding hydrogens is 330 g/mol. The Bertz CT molecular complexity index is 644. The number of rotatable bonds is 10. The van der Waals surface area contributed by atoms with Crippen molar-refractivity contribution in [2.24, 2.45) is 0 Å². The Balaban J connectivity index is 1.50. The van der Waals surface area contributed by atoms with Gasteiger partial charge in [-0.05, 0) is 36.8 Å². The number of thiophene rings is 1. The lowest BCUT2D eigenvalue weighted by Gasteiger charge is -2.06. The molecule has 2 heterocycles. The van der Waals surface area contributed by atoms with Crippen LogP contribution in [0.3, 0.4) is 0 Å². The molecule has 0 aliphatic carbocycles. The van der Waals surface area contributed by atoms with Crippen molar-refractivity contribution in [3.8, 4) is 0 Å². The van der Waals surface area contributed by atoms with Crippen LogP contribution < -0.4 is 5.32 Å². The van der Waals surface area contributed by atoms with Crippen LogP contribution in [0.2, 0.25) is 0 Å². The summed E-state index contributed by atoms with van der Waals surface area (Å²) in [4.78, 5) is 26.6. The van der Waals surface area contributed by atoms with Crippen molar-refractivity contribution in [3.63, 3.8) is 0 Å². The maximum Gasteiger partial charge on any atom is 0.311 e. The van der Waals surface area contributed by atoms with E-state index in [4.69, 9.17) is 4.74 Å². The number of anilines is 1. The molecule has 2 aromatic rings. The molecule has 0 aromatic carbocycles. The molecule has 0 unspecified atom stereocenters. The van der Waals surface area contributed by atoms with Gasteiger partial charge in [0.1, 0.15) is 12.0 Å². The summed E-state index contributed by atoms with van der Waals surface area (Å²) >= 11 is 1.55. The Morgan fingerprint density at radius 1 is 1.29 bits per heavy atom. The van der Waals surface area contributed by atoms with Crippen LogP contribution in [0.25, 0.3) is 0 Å². The highest BCUT2D eigenvalue weighted by Crippen LogP contribution is 2.12. The first-order valence-corrected chi connectivity index (χ1v) is 8.55. The number of unbranched alkanes of at least 4 members (excludes halogenated alkanes) is 2. The molecule has 1 N–H and O–H groups in total. The number of nitrogens with zero attached hydrogens (tertiary/aromatic N) is 2. The van der Waals surface area contributed by atoms with E-state index in [0.717, 1.165) is 24.1 Å². The predicted molar refractivity (Wildman–Crippen MR) is 92.2 cm³/mol. The molecule has 2 aromatic heterocycles. The summed E-state index contributed by atoms with van der Waals surface area (Å²) in [5, 5.41) is 15.6. The first-order valence-electron chi connectivity index (χ1n) is 7.67. The summed E-state index contributed by atoms with van der Waals surface area (Å²) in [6.07, 6.45) is 4.21. The van der Waals surface area contributed by atoms with Crippen LogP contribution >= 0.6 is 11.3 Å². The van der Waals surface area contributed by atoms with E-state index >= 15 is 0 Å². The lowest BCUT2D eigenvalue weighted by molar-refractivity contribution is -0.385. The lowest BCUT2D eigenvalue weighted by Crippen LogP contribution is -2.09. The summed E-state index contributed by atoms with van der Waals surface area (Å²) in [5.74, 6) is 0.425. The van der Waals surface area contributed by atoms with Gasteiger partial charge in [0.05, 0.1) is 18.0 Å². The highest BCUT2D eigenvalue weighted by atomic mass is 32.1. The Kier molecular flexibility index (Phi) is 7.16.